The molecule has 1 aromatic rings. The van der Waals surface area contributed by atoms with E-state index < -0.39 is 58.9 Å². The Bertz CT molecular complexity index is 1050. The first-order valence-corrected chi connectivity index (χ1v) is 14.6. The van der Waals surface area contributed by atoms with Crippen LogP contribution in [0.15, 0.2) is 30.3 Å². The molecule has 230 valence electrons. The van der Waals surface area contributed by atoms with Gasteiger partial charge in [-0.2, -0.15) is 0 Å². The largest absolute Gasteiger partial charge is 0.444 e. The number of amides is 3. The number of nitrogens with zero attached hydrogens (tertiary/aromatic N) is 1. The molecule has 0 bridgehead atoms. The van der Waals surface area contributed by atoms with E-state index >= 15 is 0 Å². The van der Waals surface area contributed by atoms with Crippen LogP contribution in [0.2, 0.25) is 0 Å². The van der Waals surface area contributed by atoms with Gasteiger partial charge in [0.1, 0.15) is 17.7 Å². The fourth-order valence-corrected chi connectivity index (χ4v) is 4.91. The van der Waals surface area contributed by atoms with Crippen molar-refractivity contribution in [1.82, 2.24) is 15.5 Å². The monoisotopic (exact) mass is 574 g/mol. The lowest BCUT2D eigenvalue weighted by Crippen LogP contribution is -2.58. The van der Waals surface area contributed by atoms with Crippen LogP contribution in [0.25, 0.3) is 0 Å². The lowest BCUT2D eigenvalue weighted by molar-refractivity contribution is -0.152. The molecule has 1 aliphatic rings. The minimum Gasteiger partial charge on any atom is -0.444 e. The van der Waals surface area contributed by atoms with Crippen LogP contribution in [0.5, 0.6) is 0 Å². The third-order valence-electron chi connectivity index (χ3n) is 7.46. The van der Waals surface area contributed by atoms with Crippen molar-refractivity contribution in [2.24, 2.45) is 23.0 Å². The number of aliphatic hydroxyl groups is 1. The molecule has 3 amide bonds. The average molecular weight is 575 g/mol. The molecule has 1 saturated heterocycles. The summed E-state index contributed by atoms with van der Waals surface area (Å²) in [5.74, 6) is -2.74. The number of nitrogens with one attached hydrogen (secondary N) is 2. The molecule has 10 nitrogen and oxygen atoms in total. The minimum atomic E-state index is -1.84. The molecule has 1 aromatic carbocycles. The van der Waals surface area contributed by atoms with Crippen molar-refractivity contribution < 1.29 is 29.0 Å². The standard InChI is InChI=1S/C31H50N4O6/c1-9-19(2)18-33-27(38)21-16-13-17-35(21)28(39)25(37)22(23(32)20-14-11-10-12-15-20)24(36)26(30(3,4)5)34-29(40)41-31(6,7)8/h10-12,14-15,19,21-23,25-26,37H,9,13,16-18,32H2,1-8H3,(H,33,38)(H,34,40)/t19-,21-,22+,23?,25?,26+/m0/s1. The van der Waals surface area contributed by atoms with Gasteiger partial charge in [-0.05, 0) is 50.5 Å². The second kappa shape index (κ2) is 14.3. The molecule has 1 aliphatic heterocycles. The minimum absolute atomic E-state index is 0.275. The molecule has 0 spiro atoms. The van der Waals surface area contributed by atoms with Gasteiger partial charge in [0.25, 0.3) is 5.91 Å². The first kappa shape index (κ1) is 34.2. The molecule has 0 aromatic heterocycles. The van der Waals surface area contributed by atoms with E-state index in [4.69, 9.17) is 10.5 Å². The Labute approximate surface area is 244 Å². The normalized spacial score (nSPS) is 19.5. The first-order valence-electron chi connectivity index (χ1n) is 14.6. The number of carbonyl (C=O) groups excluding carboxylic acids is 4. The topological polar surface area (TPSA) is 151 Å². The number of hydrogen-bond donors (Lipinski definition) is 4. The molecule has 41 heavy (non-hydrogen) atoms. The van der Waals surface area contributed by atoms with Crippen molar-refractivity contribution in [3.8, 4) is 0 Å². The molecule has 0 aliphatic carbocycles. The van der Waals surface area contributed by atoms with Crippen LogP contribution < -0.4 is 16.4 Å². The Morgan fingerprint density at radius 2 is 1.71 bits per heavy atom. The summed E-state index contributed by atoms with van der Waals surface area (Å²) in [4.78, 5) is 55.1. The Balaban J connectivity index is 2.43. The summed E-state index contributed by atoms with van der Waals surface area (Å²) in [5, 5.41) is 17.1. The zero-order valence-corrected chi connectivity index (χ0v) is 25.9. The third kappa shape index (κ3) is 9.53. The zero-order chi connectivity index (χ0) is 31.1. The Morgan fingerprint density at radius 1 is 1.10 bits per heavy atom. The van der Waals surface area contributed by atoms with Crippen LogP contribution in [-0.2, 0) is 19.1 Å². The highest BCUT2D eigenvalue weighted by Gasteiger charge is 2.47. The highest BCUT2D eigenvalue weighted by molar-refractivity contribution is 5.97. The quantitative estimate of drug-likeness (QED) is 0.316. The summed E-state index contributed by atoms with van der Waals surface area (Å²) < 4.78 is 5.40. The van der Waals surface area contributed by atoms with Gasteiger partial charge in [-0.3, -0.25) is 14.4 Å². The lowest BCUT2D eigenvalue weighted by atomic mass is 9.75. The number of alkyl carbamates (subject to hydrolysis) is 1. The maximum Gasteiger partial charge on any atom is 0.408 e. The van der Waals surface area contributed by atoms with Gasteiger partial charge >= 0.3 is 6.09 Å². The fourth-order valence-electron chi connectivity index (χ4n) is 4.91. The molecule has 5 N–H and O–H groups in total. The molecular weight excluding hydrogens is 524 g/mol. The number of rotatable bonds is 11. The predicted molar refractivity (Wildman–Crippen MR) is 158 cm³/mol. The van der Waals surface area contributed by atoms with Crippen molar-refractivity contribution in [3.05, 3.63) is 35.9 Å². The molecule has 10 heteroatoms. The summed E-state index contributed by atoms with van der Waals surface area (Å²) in [7, 11) is 0. The van der Waals surface area contributed by atoms with E-state index in [0.29, 0.717) is 24.9 Å². The molecule has 0 radical (unpaired) electrons. The summed E-state index contributed by atoms with van der Waals surface area (Å²) in [6.45, 7) is 15.3. The number of likely N-dealkylation sites (tertiary alicyclic amines) is 1. The third-order valence-corrected chi connectivity index (χ3v) is 7.46. The second-order valence-electron chi connectivity index (χ2n) is 13.2. The Morgan fingerprint density at radius 3 is 2.24 bits per heavy atom. The zero-order valence-electron chi connectivity index (χ0n) is 25.9. The van der Waals surface area contributed by atoms with Gasteiger partial charge in [-0.25, -0.2) is 4.79 Å². The van der Waals surface area contributed by atoms with E-state index in [1.165, 1.54) is 4.90 Å². The number of nitrogens with two attached hydrogens (primary N) is 1. The van der Waals surface area contributed by atoms with Crippen molar-refractivity contribution in [3.63, 3.8) is 0 Å². The molecule has 6 atom stereocenters. The van der Waals surface area contributed by atoms with Crippen molar-refractivity contribution in [1.29, 1.82) is 0 Å². The fraction of sp³-hybridized carbons (Fsp3) is 0.677. The second-order valence-corrected chi connectivity index (χ2v) is 13.2. The number of hydrogen-bond acceptors (Lipinski definition) is 7. The Kier molecular flexibility index (Phi) is 11.9. The van der Waals surface area contributed by atoms with E-state index in [0.717, 1.165) is 6.42 Å². The average Bonchev–Trinajstić information content (AvgIpc) is 3.38. The maximum absolute atomic E-state index is 14.2. The maximum atomic E-state index is 14.2. The highest BCUT2D eigenvalue weighted by atomic mass is 16.6. The first-order chi connectivity index (χ1) is 19.0. The van der Waals surface area contributed by atoms with Gasteiger partial charge < -0.3 is 31.1 Å². The smallest absolute Gasteiger partial charge is 0.408 e. The van der Waals surface area contributed by atoms with Crippen molar-refractivity contribution >= 4 is 23.7 Å². The van der Waals surface area contributed by atoms with E-state index in [-0.39, 0.29) is 18.4 Å². The van der Waals surface area contributed by atoms with E-state index in [2.05, 4.69) is 10.6 Å². The van der Waals surface area contributed by atoms with Gasteiger partial charge in [0, 0.05) is 19.1 Å². The van der Waals surface area contributed by atoms with Crippen LogP contribution >= 0.6 is 0 Å². The SMILES string of the molecule is CC[C@H](C)CNC(=O)[C@@H]1CCCN1C(=O)C(O)[C@@H](C(=O)[C@@H](NC(=O)OC(C)(C)C)C(C)(C)C)C(N)c1ccccc1. The molecule has 0 saturated carbocycles. The summed E-state index contributed by atoms with van der Waals surface area (Å²) in [5.41, 5.74) is 5.55. The van der Waals surface area contributed by atoms with E-state index in [1.807, 2.05) is 13.8 Å². The van der Waals surface area contributed by atoms with E-state index in [9.17, 15) is 24.3 Å². The number of ether oxygens (including phenoxy) is 1. The van der Waals surface area contributed by atoms with Crippen molar-refractivity contribution in [2.45, 2.75) is 104 Å². The summed E-state index contributed by atoms with van der Waals surface area (Å²) in [6, 6.07) is 5.80. The number of benzene rings is 1. The van der Waals surface area contributed by atoms with E-state index in [1.54, 1.807) is 71.9 Å². The summed E-state index contributed by atoms with van der Waals surface area (Å²) in [6.07, 6.45) is -0.686. The highest BCUT2D eigenvalue weighted by Crippen LogP contribution is 2.32. The number of ketones is 1. The van der Waals surface area contributed by atoms with Gasteiger partial charge in [0.2, 0.25) is 5.91 Å². The predicted octanol–water partition coefficient (Wildman–Crippen LogP) is 3.33. The number of carbonyl (C=O) groups is 4. The van der Waals surface area contributed by atoms with Crippen LogP contribution in [0.3, 0.4) is 0 Å². The van der Waals surface area contributed by atoms with Crippen molar-refractivity contribution in [2.75, 3.05) is 13.1 Å². The van der Waals surface area contributed by atoms with Crippen LogP contribution in [0, 0.1) is 17.3 Å². The van der Waals surface area contributed by atoms with Crippen LogP contribution in [-0.4, -0.2) is 70.6 Å². The van der Waals surface area contributed by atoms with Crippen LogP contribution in [0.4, 0.5) is 4.79 Å². The molecular formula is C31H50N4O6. The number of Topliss-reactive ketones (excluding diaryl/α,β-unsaturated/α-hetero) is 1. The molecule has 1 heterocycles. The Hall–Kier alpha value is -2.98. The van der Waals surface area contributed by atoms with Gasteiger partial charge in [-0.1, -0.05) is 71.4 Å². The summed E-state index contributed by atoms with van der Waals surface area (Å²) >= 11 is 0. The number of aliphatic hydroxyl groups excluding tert-OH is 1. The molecule has 2 unspecified atom stereocenters. The molecule has 2 rings (SSSR count). The molecule has 1 fully saturated rings. The lowest BCUT2D eigenvalue weighted by Gasteiger charge is -2.37. The van der Waals surface area contributed by atoms with Gasteiger partial charge in [0.15, 0.2) is 5.78 Å². The van der Waals surface area contributed by atoms with Gasteiger partial charge in [0.05, 0.1) is 12.0 Å². The van der Waals surface area contributed by atoms with Gasteiger partial charge in [-0.15, -0.1) is 0 Å². The van der Waals surface area contributed by atoms with Crippen LogP contribution in [0.1, 0.15) is 86.3 Å².